The van der Waals surface area contributed by atoms with Crippen LogP contribution in [0.5, 0.6) is 11.5 Å². The molecule has 3 heterocycles. The number of piperidine rings is 1. The molecular weight excluding hydrogens is 372 g/mol. The number of aliphatic imine (C=N–C) groups is 1. The van der Waals surface area contributed by atoms with Gasteiger partial charge in [0.1, 0.15) is 23.0 Å². The molecule has 4 rings (SSSR count). The Kier molecular flexibility index (Phi) is 5.68. The van der Waals surface area contributed by atoms with Crippen LogP contribution in [-0.4, -0.2) is 49.0 Å². The van der Waals surface area contributed by atoms with E-state index in [9.17, 15) is 0 Å². The molecule has 0 spiro atoms. The number of nitrogens with one attached hydrogen (secondary N) is 3. The first-order chi connectivity index (χ1) is 13.7. The van der Waals surface area contributed by atoms with Crippen LogP contribution in [0.4, 0.5) is 5.13 Å². The Morgan fingerprint density at radius 1 is 1.29 bits per heavy atom. The molecule has 1 saturated heterocycles. The molecule has 0 bridgehead atoms. The first kappa shape index (κ1) is 18.6. The Morgan fingerprint density at radius 3 is 2.96 bits per heavy atom. The van der Waals surface area contributed by atoms with Gasteiger partial charge in [-0.1, -0.05) is 11.3 Å². The van der Waals surface area contributed by atoms with E-state index in [0.29, 0.717) is 6.04 Å². The summed E-state index contributed by atoms with van der Waals surface area (Å²) in [5, 5.41) is 11.0. The summed E-state index contributed by atoms with van der Waals surface area (Å²) in [6.45, 7) is 2.10. The minimum Gasteiger partial charge on any atom is -0.457 e. The van der Waals surface area contributed by atoms with Crippen molar-refractivity contribution in [2.24, 2.45) is 4.99 Å². The molecule has 1 aliphatic heterocycles. The summed E-state index contributed by atoms with van der Waals surface area (Å²) >= 11 is 1.66. The van der Waals surface area contributed by atoms with Crippen molar-refractivity contribution in [2.45, 2.75) is 18.9 Å². The third-order valence-corrected chi connectivity index (χ3v) is 5.60. The van der Waals surface area contributed by atoms with Gasteiger partial charge < -0.3 is 20.7 Å². The molecule has 0 amide bonds. The molecule has 146 valence electrons. The van der Waals surface area contributed by atoms with Crippen molar-refractivity contribution >= 4 is 32.5 Å². The molecule has 1 unspecified atom stereocenters. The molecule has 0 radical (unpaired) electrons. The van der Waals surface area contributed by atoms with Crippen LogP contribution in [0.2, 0.25) is 0 Å². The van der Waals surface area contributed by atoms with Gasteiger partial charge in [-0.2, -0.15) is 0 Å². The zero-order valence-corrected chi connectivity index (χ0v) is 16.8. The minimum atomic E-state index is 0.446. The number of rotatable bonds is 5. The summed E-state index contributed by atoms with van der Waals surface area (Å²) in [6, 6.07) is 10.1. The van der Waals surface area contributed by atoms with E-state index in [2.05, 4.69) is 25.9 Å². The summed E-state index contributed by atoms with van der Waals surface area (Å²) in [5.41, 5.74) is 1.73. The van der Waals surface area contributed by atoms with Gasteiger partial charge in [-0.25, -0.2) is 4.98 Å². The van der Waals surface area contributed by atoms with Crippen LogP contribution in [0.1, 0.15) is 18.5 Å². The van der Waals surface area contributed by atoms with Crippen LogP contribution in [0.3, 0.4) is 0 Å². The fraction of sp³-hybridized carbons (Fsp3) is 0.350. The quantitative estimate of drug-likeness (QED) is 0.454. The summed E-state index contributed by atoms with van der Waals surface area (Å²) in [4.78, 5) is 13.2. The van der Waals surface area contributed by atoms with Crippen molar-refractivity contribution in [3.63, 3.8) is 0 Å². The highest BCUT2D eigenvalue weighted by Crippen LogP contribution is 2.32. The van der Waals surface area contributed by atoms with Crippen LogP contribution < -0.4 is 20.7 Å². The number of ether oxygens (including phenoxy) is 1. The SMILES string of the molecule is CN=C(NC)c1cc(Oc2ccc3nc(NC4CCCNC4)sc3c2)ccn1. The largest absolute Gasteiger partial charge is 0.457 e. The highest BCUT2D eigenvalue weighted by Gasteiger charge is 2.15. The lowest BCUT2D eigenvalue weighted by Crippen LogP contribution is -2.38. The van der Waals surface area contributed by atoms with E-state index in [-0.39, 0.29) is 0 Å². The second-order valence-corrected chi connectivity index (χ2v) is 7.67. The third-order valence-electron chi connectivity index (χ3n) is 4.65. The Labute approximate surface area is 168 Å². The van der Waals surface area contributed by atoms with Crippen LogP contribution in [0, 0.1) is 0 Å². The number of amidine groups is 1. The zero-order chi connectivity index (χ0) is 19.3. The van der Waals surface area contributed by atoms with Crippen LogP contribution >= 0.6 is 11.3 Å². The molecule has 1 aromatic carbocycles. The van der Waals surface area contributed by atoms with Gasteiger partial charge in [-0.15, -0.1) is 0 Å². The smallest absolute Gasteiger partial charge is 0.184 e. The minimum absolute atomic E-state index is 0.446. The highest BCUT2D eigenvalue weighted by atomic mass is 32.1. The molecule has 1 atom stereocenters. The Balaban J connectivity index is 1.51. The molecule has 3 aromatic rings. The molecule has 7 nitrogen and oxygen atoms in total. The maximum absolute atomic E-state index is 6.05. The fourth-order valence-corrected chi connectivity index (χ4v) is 4.25. The topological polar surface area (TPSA) is 83.5 Å². The van der Waals surface area contributed by atoms with Gasteiger partial charge in [-0.3, -0.25) is 9.98 Å². The van der Waals surface area contributed by atoms with E-state index in [4.69, 9.17) is 9.72 Å². The van der Waals surface area contributed by atoms with E-state index in [1.165, 1.54) is 12.8 Å². The fourth-order valence-electron chi connectivity index (χ4n) is 3.27. The van der Waals surface area contributed by atoms with E-state index < -0.39 is 0 Å². The molecule has 2 aromatic heterocycles. The van der Waals surface area contributed by atoms with Gasteiger partial charge in [-0.05, 0) is 37.6 Å². The molecular formula is C20H24N6OS. The summed E-state index contributed by atoms with van der Waals surface area (Å²) < 4.78 is 7.15. The monoisotopic (exact) mass is 396 g/mol. The van der Waals surface area contributed by atoms with Gasteiger partial charge in [0, 0.05) is 45.0 Å². The molecule has 0 saturated carbocycles. The number of benzene rings is 1. The average Bonchev–Trinajstić information content (AvgIpc) is 3.11. The van der Waals surface area contributed by atoms with Gasteiger partial charge >= 0.3 is 0 Å². The maximum atomic E-state index is 6.05. The van der Waals surface area contributed by atoms with Gasteiger partial charge in [0.05, 0.1) is 10.2 Å². The standard InChI is InChI=1S/C20H24N6OS/c1-21-19(22-2)17-10-15(7-9-24-17)27-14-5-6-16-18(11-14)28-20(26-16)25-13-4-3-8-23-12-13/h5-7,9-11,13,23H,3-4,8,12H2,1-2H3,(H,21,22)(H,25,26). The number of aromatic nitrogens is 2. The number of anilines is 1. The molecule has 1 aliphatic rings. The number of thiazole rings is 1. The Bertz CT molecular complexity index is 980. The predicted octanol–water partition coefficient (Wildman–Crippen LogP) is 3.24. The zero-order valence-electron chi connectivity index (χ0n) is 16.0. The lowest BCUT2D eigenvalue weighted by Gasteiger charge is -2.23. The lowest BCUT2D eigenvalue weighted by atomic mass is 10.1. The van der Waals surface area contributed by atoms with E-state index in [1.807, 2.05) is 37.4 Å². The summed E-state index contributed by atoms with van der Waals surface area (Å²) in [7, 11) is 3.55. The number of hydrogen-bond acceptors (Lipinski definition) is 7. The molecule has 0 aliphatic carbocycles. The van der Waals surface area contributed by atoms with Crippen molar-refractivity contribution in [2.75, 3.05) is 32.5 Å². The highest BCUT2D eigenvalue weighted by molar-refractivity contribution is 7.22. The molecule has 3 N–H and O–H groups in total. The van der Waals surface area contributed by atoms with Crippen molar-refractivity contribution in [3.05, 3.63) is 42.2 Å². The molecule has 28 heavy (non-hydrogen) atoms. The third kappa shape index (κ3) is 4.23. The van der Waals surface area contributed by atoms with Crippen molar-refractivity contribution < 1.29 is 4.74 Å². The number of pyridine rings is 1. The molecule has 1 fully saturated rings. The van der Waals surface area contributed by atoms with Gasteiger partial charge in [0.15, 0.2) is 5.13 Å². The predicted molar refractivity (Wildman–Crippen MR) is 115 cm³/mol. The number of hydrogen-bond donors (Lipinski definition) is 3. The summed E-state index contributed by atoms with van der Waals surface area (Å²) in [5.74, 6) is 2.21. The maximum Gasteiger partial charge on any atom is 0.184 e. The van der Waals surface area contributed by atoms with Crippen LogP contribution in [0.25, 0.3) is 10.2 Å². The second kappa shape index (κ2) is 8.53. The summed E-state index contributed by atoms with van der Waals surface area (Å²) in [6.07, 6.45) is 4.10. The van der Waals surface area contributed by atoms with E-state index in [1.54, 1.807) is 24.6 Å². The lowest BCUT2D eigenvalue weighted by molar-refractivity contribution is 0.480. The van der Waals surface area contributed by atoms with E-state index >= 15 is 0 Å². The van der Waals surface area contributed by atoms with Gasteiger partial charge in [0.2, 0.25) is 0 Å². The second-order valence-electron chi connectivity index (χ2n) is 6.64. The van der Waals surface area contributed by atoms with Crippen LogP contribution in [-0.2, 0) is 0 Å². The number of fused-ring (bicyclic) bond motifs is 1. The van der Waals surface area contributed by atoms with E-state index in [0.717, 1.165) is 51.5 Å². The first-order valence-corrected chi connectivity index (χ1v) is 10.2. The normalized spacial score (nSPS) is 17.5. The van der Waals surface area contributed by atoms with Crippen LogP contribution in [0.15, 0.2) is 41.5 Å². The first-order valence-electron chi connectivity index (χ1n) is 9.42. The van der Waals surface area contributed by atoms with Crippen molar-refractivity contribution in [1.82, 2.24) is 20.6 Å². The van der Waals surface area contributed by atoms with Crippen molar-refractivity contribution in [3.8, 4) is 11.5 Å². The average molecular weight is 397 g/mol. The number of nitrogens with zero attached hydrogens (tertiary/aromatic N) is 3. The molecule has 8 heteroatoms. The van der Waals surface area contributed by atoms with Gasteiger partial charge in [0.25, 0.3) is 0 Å². The Morgan fingerprint density at radius 2 is 2.18 bits per heavy atom. The van der Waals surface area contributed by atoms with Crippen molar-refractivity contribution in [1.29, 1.82) is 0 Å². The Hall–Kier alpha value is -2.71.